The molecule has 1 aromatic rings. The summed E-state index contributed by atoms with van der Waals surface area (Å²) in [6, 6.07) is 0.453. The van der Waals surface area contributed by atoms with Crippen molar-refractivity contribution in [1.29, 1.82) is 5.41 Å². The van der Waals surface area contributed by atoms with Crippen LogP contribution in [0.25, 0.3) is 0 Å². The van der Waals surface area contributed by atoms with E-state index in [1.165, 1.54) is 0 Å². The zero-order valence-electron chi connectivity index (χ0n) is 24.6. The SMILES string of the molecule is CCCCn1c(O)c(C(=N)N)c(=O)n(C2CCC(OC3C(=O)N(COCC[Si](C)(C)C)C(=O)C3(C)C)CC2)c1=O. The van der Waals surface area contributed by atoms with Gasteiger partial charge in [0.15, 0.2) is 6.10 Å². The minimum absolute atomic E-state index is 0.0925. The van der Waals surface area contributed by atoms with Gasteiger partial charge in [0, 0.05) is 27.3 Å². The Hall–Kier alpha value is -2.77. The third-order valence-corrected chi connectivity index (χ3v) is 9.55. The first-order valence-electron chi connectivity index (χ1n) is 14.1. The number of nitrogen functional groups attached to an aromatic ring is 1. The Morgan fingerprint density at radius 3 is 2.30 bits per heavy atom. The molecule has 13 heteroatoms. The van der Waals surface area contributed by atoms with Crippen LogP contribution in [0.15, 0.2) is 9.59 Å². The summed E-state index contributed by atoms with van der Waals surface area (Å²) in [6.45, 7) is 12.6. The van der Waals surface area contributed by atoms with Crippen LogP contribution in [0.1, 0.15) is 70.9 Å². The highest BCUT2D eigenvalue weighted by molar-refractivity contribution is 6.76. The van der Waals surface area contributed by atoms with E-state index in [9.17, 15) is 24.3 Å². The molecule has 0 radical (unpaired) electrons. The third kappa shape index (κ3) is 6.57. The number of ether oxygens (including phenoxy) is 2. The van der Waals surface area contributed by atoms with Crippen LogP contribution in [-0.2, 0) is 25.6 Å². The number of carbonyl (C=O) groups is 2. The molecule has 2 heterocycles. The molecule has 1 unspecified atom stereocenters. The van der Waals surface area contributed by atoms with E-state index in [0.717, 1.165) is 26.5 Å². The lowest BCUT2D eigenvalue weighted by Crippen LogP contribution is -2.47. The molecule has 224 valence electrons. The van der Waals surface area contributed by atoms with Gasteiger partial charge in [-0.15, -0.1) is 0 Å². The minimum atomic E-state index is -1.31. The summed E-state index contributed by atoms with van der Waals surface area (Å²) in [4.78, 5) is 53.8. The first kappa shape index (κ1) is 31.8. The summed E-state index contributed by atoms with van der Waals surface area (Å²) < 4.78 is 14.1. The molecular weight excluding hydrogens is 534 g/mol. The number of amides is 2. The number of amidine groups is 1. The molecule has 0 aromatic carbocycles. The molecule has 1 aromatic heterocycles. The Labute approximate surface area is 236 Å². The minimum Gasteiger partial charge on any atom is -0.494 e. The van der Waals surface area contributed by atoms with E-state index < -0.39 is 54.5 Å². The Kier molecular flexibility index (Phi) is 9.84. The van der Waals surface area contributed by atoms with E-state index >= 15 is 0 Å². The Bertz CT molecular complexity index is 1240. The van der Waals surface area contributed by atoms with Gasteiger partial charge in [-0.25, -0.2) is 4.79 Å². The molecule has 0 bridgehead atoms. The number of nitrogens with two attached hydrogens (primary N) is 1. The van der Waals surface area contributed by atoms with Gasteiger partial charge in [0.05, 0.1) is 11.5 Å². The second-order valence-electron chi connectivity index (χ2n) is 12.7. The fraction of sp³-hybridized carbons (Fsp3) is 0.741. The number of carbonyl (C=O) groups excluding carboxylic acids is 2. The summed E-state index contributed by atoms with van der Waals surface area (Å²) in [5.74, 6) is -1.92. The van der Waals surface area contributed by atoms with E-state index in [1.807, 2.05) is 6.92 Å². The molecule has 1 atom stereocenters. The first-order chi connectivity index (χ1) is 18.6. The summed E-state index contributed by atoms with van der Waals surface area (Å²) >= 11 is 0. The van der Waals surface area contributed by atoms with Crippen molar-refractivity contribution in [1.82, 2.24) is 14.0 Å². The molecule has 1 saturated carbocycles. The first-order valence-corrected chi connectivity index (χ1v) is 17.8. The maximum absolute atomic E-state index is 13.2. The standard InChI is InChI=1S/C27H45N5O7Si/c1-7-8-13-30-22(33)19(21(28)29)23(34)32(26(30)37)17-9-11-18(12-10-17)39-20-24(35)31(25(36)27(20,2)3)16-38-14-15-40(4,5)6/h17-18,20,33H,7-16H2,1-6H3,(H3,28,29). The number of unbranched alkanes of at least 4 members (excludes halogenated alkanes) is 1. The quantitative estimate of drug-likeness (QED) is 0.111. The molecule has 2 fully saturated rings. The van der Waals surface area contributed by atoms with Crippen molar-refractivity contribution in [3.05, 3.63) is 26.4 Å². The van der Waals surface area contributed by atoms with Crippen LogP contribution in [0.2, 0.25) is 25.7 Å². The van der Waals surface area contributed by atoms with Gasteiger partial charge in [0.25, 0.3) is 11.5 Å². The van der Waals surface area contributed by atoms with Gasteiger partial charge in [-0.3, -0.25) is 33.8 Å². The monoisotopic (exact) mass is 579 g/mol. The van der Waals surface area contributed by atoms with Crippen molar-refractivity contribution < 1.29 is 24.2 Å². The number of aromatic hydroxyl groups is 1. The molecule has 4 N–H and O–H groups in total. The van der Waals surface area contributed by atoms with Crippen LogP contribution >= 0.6 is 0 Å². The van der Waals surface area contributed by atoms with Crippen LogP contribution in [-0.4, -0.2) is 70.4 Å². The van der Waals surface area contributed by atoms with Gasteiger partial charge < -0.3 is 20.3 Å². The number of nitrogens with one attached hydrogen (secondary N) is 1. The smallest absolute Gasteiger partial charge is 0.334 e. The highest BCUT2D eigenvalue weighted by Gasteiger charge is 2.55. The number of likely N-dealkylation sites (tertiary alicyclic amines) is 1. The Balaban J connectivity index is 1.72. The maximum atomic E-state index is 13.2. The summed E-state index contributed by atoms with van der Waals surface area (Å²) in [5, 5.41) is 18.3. The van der Waals surface area contributed by atoms with Crippen LogP contribution in [0.5, 0.6) is 5.88 Å². The molecular formula is C27H45N5O7Si. The number of imide groups is 1. The van der Waals surface area contributed by atoms with Crippen molar-refractivity contribution in [3.8, 4) is 5.88 Å². The average molecular weight is 580 g/mol. The highest BCUT2D eigenvalue weighted by Crippen LogP contribution is 2.38. The van der Waals surface area contributed by atoms with Gasteiger partial charge in [-0.2, -0.15) is 0 Å². The zero-order chi connectivity index (χ0) is 30.0. The molecule has 1 aliphatic carbocycles. The number of aromatic nitrogens is 2. The zero-order valence-corrected chi connectivity index (χ0v) is 25.6. The molecule has 1 aliphatic heterocycles. The maximum Gasteiger partial charge on any atom is 0.334 e. The Morgan fingerprint density at radius 1 is 1.12 bits per heavy atom. The second kappa shape index (κ2) is 12.4. The lowest BCUT2D eigenvalue weighted by atomic mass is 9.87. The second-order valence-corrected chi connectivity index (χ2v) is 18.3. The van der Waals surface area contributed by atoms with Gasteiger partial charge in [-0.05, 0) is 52.0 Å². The number of nitrogens with zero attached hydrogens (tertiary/aromatic N) is 3. The summed E-state index contributed by atoms with van der Waals surface area (Å²) in [7, 11) is -1.31. The largest absolute Gasteiger partial charge is 0.494 e. The van der Waals surface area contributed by atoms with Crippen LogP contribution in [0, 0.1) is 10.8 Å². The van der Waals surface area contributed by atoms with Crippen molar-refractivity contribution in [3.63, 3.8) is 0 Å². The molecule has 1 saturated heterocycles. The van der Waals surface area contributed by atoms with Crippen molar-refractivity contribution in [2.45, 2.75) is 110 Å². The number of hydrogen-bond donors (Lipinski definition) is 3. The molecule has 2 aliphatic rings. The van der Waals surface area contributed by atoms with Gasteiger partial charge in [0.1, 0.15) is 18.1 Å². The predicted octanol–water partition coefficient (Wildman–Crippen LogP) is 2.38. The van der Waals surface area contributed by atoms with Gasteiger partial charge in [-0.1, -0.05) is 33.0 Å². The highest BCUT2D eigenvalue weighted by atomic mass is 28.3. The molecule has 0 spiro atoms. The predicted molar refractivity (Wildman–Crippen MR) is 153 cm³/mol. The van der Waals surface area contributed by atoms with Crippen molar-refractivity contribution >= 4 is 25.7 Å². The number of rotatable bonds is 12. The summed E-state index contributed by atoms with van der Waals surface area (Å²) in [5.41, 5.74) is 2.76. The fourth-order valence-electron chi connectivity index (χ4n) is 5.26. The van der Waals surface area contributed by atoms with E-state index in [1.54, 1.807) is 13.8 Å². The Morgan fingerprint density at radius 2 is 1.75 bits per heavy atom. The van der Waals surface area contributed by atoms with E-state index in [4.69, 9.17) is 20.6 Å². The van der Waals surface area contributed by atoms with Gasteiger partial charge >= 0.3 is 5.69 Å². The van der Waals surface area contributed by atoms with Crippen LogP contribution in [0.3, 0.4) is 0 Å². The molecule has 3 rings (SSSR count). The third-order valence-electron chi connectivity index (χ3n) is 7.85. The fourth-order valence-corrected chi connectivity index (χ4v) is 6.02. The van der Waals surface area contributed by atoms with Crippen LogP contribution < -0.4 is 17.0 Å². The lowest BCUT2D eigenvalue weighted by molar-refractivity contribution is -0.150. The average Bonchev–Trinajstić information content (AvgIpc) is 3.01. The number of hydrogen-bond acceptors (Lipinski definition) is 8. The van der Waals surface area contributed by atoms with E-state index in [0.29, 0.717) is 38.7 Å². The van der Waals surface area contributed by atoms with E-state index in [-0.39, 0.29) is 30.9 Å². The van der Waals surface area contributed by atoms with Crippen LogP contribution in [0.4, 0.5) is 0 Å². The summed E-state index contributed by atoms with van der Waals surface area (Å²) in [6.07, 6.45) is 1.83. The van der Waals surface area contributed by atoms with Crippen molar-refractivity contribution in [2.75, 3.05) is 13.3 Å². The van der Waals surface area contributed by atoms with Crippen molar-refractivity contribution in [2.24, 2.45) is 11.1 Å². The topological polar surface area (TPSA) is 170 Å². The van der Waals surface area contributed by atoms with E-state index in [2.05, 4.69) is 19.6 Å². The molecule has 2 amide bonds. The normalized spacial score (nSPS) is 23.1. The molecule has 12 nitrogen and oxygen atoms in total. The lowest BCUT2D eigenvalue weighted by Gasteiger charge is -2.33. The van der Waals surface area contributed by atoms with Gasteiger partial charge in [0.2, 0.25) is 11.8 Å². The molecule has 40 heavy (non-hydrogen) atoms.